The summed E-state index contributed by atoms with van der Waals surface area (Å²) in [6, 6.07) is 77.6. The van der Waals surface area contributed by atoms with E-state index < -0.39 is 34.4 Å². The van der Waals surface area contributed by atoms with Gasteiger partial charge in [-0.1, -0.05) is 353 Å². The van der Waals surface area contributed by atoms with Gasteiger partial charge in [0.15, 0.2) is 0 Å². The summed E-state index contributed by atoms with van der Waals surface area (Å²) in [5, 5.41) is 0. The number of hydrogen-bond donors (Lipinski definition) is 0. The molecule has 0 unspecified atom stereocenters. The van der Waals surface area contributed by atoms with E-state index in [9.17, 15) is 0 Å². The van der Waals surface area contributed by atoms with Gasteiger partial charge >= 0.3 is 34.4 Å². The summed E-state index contributed by atoms with van der Waals surface area (Å²) in [7, 11) is -5.78. The Morgan fingerprint density at radius 3 is 0.400 bits per heavy atom. The second-order valence-electron chi connectivity index (χ2n) is 25.4. The van der Waals surface area contributed by atoms with Gasteiger partial charge < -0.3 is 36.2 Å². The van der Waals surface area contributed by atoms with Crippen LogP contribution in [-0.4, -0.2) is 26.4 Å². The van der Waals surface area contributed by atoms with Gasteiger partial charge in [-0.2, -0.15) is 0 Å². The molecule has 0 atom stereocenters. The predicted molar refractivity (Wildman–Crippen MR) is 438 cm³/mol. The van der Waals surface area contributed by atoms with Gasteiger partial charge in [-0.3, -0.25) is 18.1 Å². The van der Waals surface area contributed by atoms with E-state index in [0.29, 0.717) is 26.4 Å². The van der Waals surface area contributed by atoms with Crippen molar-refractivity contribution in [3.8, 4) is 46.0 Å². The van der Waals surface area contributed by atoms with E-state index in [2.05, 4.69) is 27.7 Å². The first-order chi connectivity index (χ1) is 51.5. The molecule has 0 spiro atoms. The molecule has 8 rings (SSSR count). The van der Waals surface area contributed by atoms with Gasteiger partial charge in [0, 0.05) is 16.5 Å². The van der Waals surface area contributed by atoms with Crippen LogP contribution in [0.4, 0.5) is 0 Å². The molecule has 0 saturated carbocycles. The molecule has 0 bridgehead atoms. The third-order valence-corrected chi connectivity index (χ3v) is 20.6. The van der Waals surface area contributed by atoms with Crippen molar-refractivity contribution in [2.75, 3.05) is 26.4 Å². The quantitative estimate of drug-likeness (QED) is 0.0206. The first kappa shape index (κ1) is 91.6. The monoisotopic (exact) mass is 1550 g/mol. The minimum Gasteiger partial charge on any atom is -0.418 e. The first-order valence-electron chi connectivity index (χ1n) is 39.1. The fraction of sp³-hybridized carbons (Fsp3) is 0.455. The Morgan fingerprint density at radius 1 is 0.162 bits per heavy atom. The summed E-state index contributed by atoms with van der Waals surface area (Å²) in [6.07, 6.45) is 41.0. The fourth-order valence-corrected chi connectivity index (χ4v) is 14.4. The Bertz CT molecular complexity index is 2510. The maximum Gasteiger partial charge on any atom is 0.463 e. The van der Waals surface area contributed by atoms with Crippen LogP contribution >= 0.6 is 34.4 Å². The maximum absolute atomic E-state index is 5.92. The molecule has 8 aromatic rings. The van der Waals surface area contributed by atoms with Crippen molar-refractivity contribution in [1.29, 1.82) is 0 Å². The summed E-state index contributed by atoms with van der Waals surface area (Å²) in [6.45, 7) is 11.7. The maximum atomic E-state index is 5.92. The first-order valence-corrected chi connectivity index (χ1v) is 43.5. The minimum absolute atomic E-state index is 0. The van der Waals surface area contributed by atoms with E-state index >= 15 is 0 Å². The minimum atomic E-state index is -1.45. The largest absolute Gasteiger partial charge is 0.463 e. The molecule has 17 heteroatoms. The van der Waals surface area contributed by atoms with Crippen molar-refractivity contribution < 1.29 is 70.8 Å². The zero-order valence-electron chi connectivity index (χ0n) is 63.6. The Kier molecular flexibility index (Phi) is 57.9. The van der Waals surface area contributed by atoms with Crippen molar-refractivity contribution in [2.45, 2.75) is 233 Å². The van der Waals surface area contributed by atoms with Crippen molar-refractivity contribution in [3.63, 3.8) is 0 Å². The van der Waals surface area contributed by atoms with E-state index in [1.807, 2.05) is 243 Å². The summed E-state index contributed by atoms with van der Waals surface area (Å²) in [5.41, 5.74) is 0. The van der Waals surface area contributed by atoms with E-state index in [4.69, 9.17) is 54.3 Å². The molecule has 0 fully saturated rings. The molecule has 0 aliphatic carbocycles. The van der Waals surface area contributed by atoms with E-state index in [-0.39, 0.29) is 16.5 Å². The second kappa shape index (κ2) is 66.4. The second-order valence-corrected chi connectivity index (χ2v) is 29.6. The van der Waals surface area contributed by atoms with Crippen LogP contribution in [0.2, 0.25) is 0 Å². The van der Waals surface area contributed by atoms with Crippen molar-refractivity contribution in [3.05, 3.63) is 243 Å². The molecule has 0 aromatic heterocycles. The molecular formula is C88H124NiO12P4. The molecule has 12 nitrogen and oxygen atoms in total. The molecule has 578 valence electrons. The molecule has 8 aromatic carbocycles. The van der Waals surface area contributed by atoms with Gasteiger partial charge in [-0.25, -0.2) is 0 Å². The van der Waals surface area contributed by atoms with Gasteiger partial charge in [-0.05, 0) is 123 Å². The third-order valence-electron chi connectivity index (χ3n) is 16.2. The van der Waals surface area contributed by atoms with Gasteiger partial charge in [0.05, 0.1) is 26.4 Å². The van der Waals surface area contributed by atoms with Crippen LogP contribution in [0.1, 0.15) is 233 Å². The average Bonchev–Trinajstić information content (AvgIpc) is 0.943. The van der Waals surface area contributed by atoms with Crippen molar-refractivity contribution in [2.24, 2.45) is 0 Å². The molecule has 0 aliphatic heterocycles. The van der Waals surface area contributed by atoms with Gasteiger partial charge in [0.2, 0.25) is 0 Å². The summed E-state index contributed by atoms with van der Waals surface area (Å²) in [5.74, 6) is 6.15. The molecular weight excluding hydrogens is 1430 g/mol. The van der Waals surface area contributed by atoms with Crippen molar-refractivity contribution in [1.82, 2.24) is 0 Å². The predicted octanol–water partition coefficient (Wildman–Crippen LogP) is 30.1. The van der Waals surface area contributed by atoms with Crippen LogP contribution in [0.3, 0.4) is 0 Å². The summed E-state index contributed by atoms with van der Waals surface area (Å²) < 4.78 is 70.9. The van der Waals surface area contributed by atoms with Gasteiger partial charge in [0.25, 0.3) is 0 Å². The Hall–Kier alpha value is -5.79. The van der Waals surface area contributed by atoms with Crippen LogP contribution in [0, 0.1) is 0 Å². The Morgan fingerprint density at radius 2 is 0.276 bits per heavy atom. The summed E-state index contributed by atoms with van der Waals surface area (Å²) in [4.78, 5) is 0. The van der Waals surface area contributed by atoms with Crippen molar-refractivity contribution >= 4 is 34.4 Å². The van der Waals surface area contributed by atoms with Crippen LogP contribution in [-0.2, 0) is 34.6 Å². The number of rotatable bonds is 56. The SMILES string of the molecule is CCCCCCCCCCOP(Oc1ccccc1)Oc1ccccc1.CCCCCCCCCCOP(Oc1ccccc1)Oc1ccccc1.CCCCCCCCCCOP(Oc1ccccc1)Oc1ccccc1.CCCCCCCCCCOP(Oc1ccccc1)Oc1ccccc1.[Ni]. The van der Waals surface area contributed by atoms with Crippen LogP contribution in [0.15, 0.2) is 243 Å². The molecule has 105 heavy (non-hydrogen) atoms. The number of hydrogen-bond acceptors (Lipinski definition) is 12. The van der Waals surface area contributed by atoms with Crippen LogP contribution in [0.5, 0.6) is 46.0 Å². The Labute approximate surface area is 649 Å². The summed E-state index contributed by atoms with van der Waals surface area (Å²) >= 11 is 0. The molecule has 0 amide bonds. The van der Waals surface area contributed by atoms with Crippen LogP contribution < -0.4 is 36.2 Å². The van der Waals surface area contributed by atoms with E-state index in [0.717, 1.165) is 71.7 Å². The fourth-order valence-electron chi connectivity index (χ4n) is 10.3. The average molecular weight is 1560 g/mol. The Balaban J connectivity index is 0.000000295. The smallest absolute Gasteiger partial charge is 0.418 e. The third kappa shape index (κ3) is 50.5. The number of para-hydroxylation sites is 8. The molecule has 0 heterocycles. The number of benzene rings is 8. The zero-order valence-corrected chi connectivity index (χ0v) is 68.1. The number of unbranched alkanes of at least 4 members (excludes halogenated alkanes) is 28. The molecule has 0 radical (unpaired) electrons. The zero-order chi connectivity index (χ0) is 73.2. The topological polar surface area (TPSA) is 111 Å². The van der Waals surface area contributed by atoms with Crippen LogP contribution in [0.25, 0.3) is 0 Å². The molecule has 0 aliphatic rings. The normalized spacial score (nSPS) is 10.7. The standard InChI is InChI=1S/4C22H31O3P.Ni/c4*1-2-3-4-5-6-7-8-15-20-23-26(24-21-16-11-9-12-17-21)25-22-18-13-10-14-19-22;/h4*9-14,16-19H,2-8,15,20H2,1H3;. The molecule has 0 saturated heterocycles. The van der Waals surface area contributed by atoms with E-state index in [1.54, 1.807) is 0 Å². The van der Waals surface area contributed by atoms with Gasteiger partial charge in [-0.15, -0.1) is 0 Å². The molecule has 0 N–H and O–H groups in total. The van der Waals surface area contributed by atoms with Gasteiger partial charge in [0.1, 0.15) is 46.0 Å². The van der Waals surface area contributed by atoms with E-state index in [1.165, 1.54) is 180 Å².